The van der Waals surface area contributed by atoms with Crippen molar-refractivity contribution in [1.29, 1.82) is 0 Å². The van der Waals surface area contributed by atoms with E-state index in [4.69, 9.17) is 5.73 Å². The predicted octanol–water partition coefficient (Wildman–Crippen LogP) is 2.07. The molecule has 0 bridgehead atoms. The maximum absolute atomic E-state index is 12.8. The molecule has 0 heterocycles. The van der Waals surface area contributed by atoms with Crippen molar-refractivity contribution < 1.29 is 21.6 Å². The lowest BCUT2D eigenvalue weighted by molar-refractivity contribution is -0.138. The number of hydrogen-bond acceptors (Lipinski definition) is 3. The number of anilines is 1. The zero-order valence-electron chi connectivity index (χ0n) is 9.87. The normalized spacial score (nSPS) is 16.4. The third kappa shape index (κ3) is 3.19. The summed E-state index contributed by atoms with van der Waals surface area (Å²) in [4.78, 5) is 0. The molecule has 0 aromatic heterocycles. The Hall–Kier alpha value is -1.28. The quantitative estimate of drug-likeness (QED) is 0.893. The Morgan fingerprint density at radius 1 is 1.32 bits per heavy atom. The van der Waals surface area contributed by atoms with E-state index in [1.807, 2.05) is 0 Å². The largest absolute Gasteiger partial charge is 0.416 e. The second-order valence-electron chi connectivity index (χ2n) is 4.42. The fourth-order valence-corrected chi connectivity index (χ4v) is 3.09. The number of hydrogen-bond donors (Lipinski definition) is 2. The molecule has 1 aliphatic rings. The number of halogens is 3. The fourth-order valence-electron chi connectivity index (χ4n) is 1.71. The van der Waals surface area contributed by atoms with Crippen LogP contribution in [0.1, 0.15) is 24.0 Å². The highest BCUT2D eigenvalue weighted by Gasteiger charge is 2.37. The van der Waals surface area contributed by atoms with E-state index >= 15 is 0 Å². The van der Waals surface area contributed by atoms with Crippen molar-refractivity contribution in [2.75, 3.05) is 4.72 Å². The molecule has 0 radical (unpaired) electrons. The van der Waals surface area contributed by atoms with Crippen LogP contribution < -0.4 is 10.5 Å². The first-order valence-electron chi connectivity index (χ1n) is 5.66. The maximum atomic E-state index is 12.8. The number of alkyl halides is 3. The van der Waals surface area contributed by atoms with E-state index in [1.165, 1.54) is 12.1 Å². The number of benzene rings is 1. The Kier molecular flexibility index (Phi) is 3.48. The smallest absolute Gasteiger partial charge is 0.326 e. The molecule has 19 heavy (non-hydrogen) atoms. The van der Waals surface area contributed by atoms with Crippen LogP contribution in [-0.4, -0.2) is 13.7 Å². The Morgan fingerprint density at radius 2 is 1.95 bits per heavy atom. The minimum absolute atomic E-state index is 0.0677. The highest BCUT2D eigenvalue weighted by Crippen LogP contribution is 2.35. The molecular formula is C11H13F3N2O2S. The van der Waals surface area contributed by atoms with Crippen molar-refractivity contribution in [2.45, 2.75) is 30.8 Å². The molecule has 2 rings (SSSR count). The molecule has 0 amide bonds. The van der Waals surface area contributed by atoms with Crippen LogP contribution >= 0.6 is 0 Å². The molecule has 0 aliphatic heterocycles. The van der Waals surface area contributed by atoms with Crippen molar-refractivity contribution in [1.82, 2.24) is 0 Å². The minimum atomic E-state index is -4.56. The van der Waals surface area contributed by atoms with Gasteiger partial charge < -0.3 is 5.73 Å². The van der Waals surface area contributed by atoms with E-state index in [0.29, 0.717) is 12.8 Å². The first-order chi connectivity index (χ1) is 8.74. The predicted molar refractivity (Wildman–Crippen MR) is 64.9 cm³/mol. The van der Waals surface area contributed by atoms with Crippen molar-refractivity contribution in [3.8, 4) is 0 Å². The van der Waals surface area contributed by atoms with Gasteiger partial charge in [0.05, 0.1) is 10.8 Å². The van der Waals surface area contributed by atoms with E-state index < -0.39 is 27.0 Å². The van der Waals surface area contributed by atoms with E-state index in [9.17, 15) is 21.6 Å². The molecule has 106 valence electrons. The molecule has 0 saturated heterocycles. The SMILES string of the molecule is NCc1ccc(NS(=O)(=O)C2CC2)cc1C(F)(F)F. The first kappa shape index (κ1) is 14.1. The molecule has 1 aromatic carbocycles. The molecular weight excluding hydrogens is 281 g/mol. The molecule has 1 aliphatic carbocycles. The standard InChI is InChI=1S/C11H13F3N2O2S/c12-11(13,14)10-5-8(2-1-7(10)6-15)16-19(17,18)9-3-4-9/h1-2,5,9,16H,3-4,6,15H2. The van der Waals surface area contributed by atoms with E-state index in [0.717, 1.165) is 6.07 Å². The summed E-state index contributed by atoms with van der Waals surface area (Å²) in [6.45, 7) is -0.259. The van der Waals surface area contributed by atoms with Crippen LogP contribution in [-0.2, 0) is 22.7 Å². The molecule has 3 N–H and O–H groups in total. The van der Waals surface area contributed by atoms with Gasteiger partial charge in [-0.3, -0.25) is 4.72 Å². The summed E-state index contributed by atoms with van der Waals surface area (Å²) in [5.41, 5.74) is 4.18. The van der Waals surface area contributed by atoms with Gasteiger partial charge in [0.15, 0.2) is 0 Å². The van der Waals surface area contributed by atoms with Gasteiger partial charge in [-0.05, 0) is 30.5 Å². The zero-order chi connectivity index (χ0) is 14.3. The number of sulfonamides is 1. The lowest BCUT2D eigenvalue weighted by Crippen LogP contribution is -2.18. The molecule has 0 spiro atoms. The number of nitrogens with two attached hydrogens (primary N) is 1. The fraction of sp³-hybridized carbons (Fsp3) is 0.455. The van der Waals surface area contributed by atoms with Gasteiger partial charge in [-0.25, -0.2) is 8.42 Å². The van der Waals surface area contributed by atoms with E-state index in [-0.39, 0.29) is 17.8 Å². The average molecular weight is 294 g/mol. The van der Waals surface area contributed by atoms with Crippen molar-refractivity contribution in [3.05, 3.63) is 29.3 Å². The average Bonchev–Trinajstić information content (AvgIpc) is 3.11. The lowest BCUT2D eigenvalue weighted by atomic mass is 10.1. The summed E-state index contributed by atoms with van der Waals surface area (Å²) in [7, 11) is -3.57. The summed E-state index contributed by atoms with van der Waals surface area (Å²) in [5.74, 6) is 0. The first-order valence-corrected chi connectivity index (χ1v) is 7.20. The molecule has 0 atom stereocenters. The Labute approximate surface area is 108 Å². The third-order valence-corrected chi connectivity index (χ3v) is 4.73. The number of nitrogens with one attached hydrogen (secondary N) is 1. The Bertz CT molecular complexity index is 580. The second kappa shape index (κ2) is 4.68. The second-order valence-corrected chi connectivity index (χ2v) is 6.38. The van der Waals surface area contributed by atoms with Gasteiger partial charge in [-0.15, -0.1) is 0 Å². The highest BCUT2D eigenvalue weighted by atomic mass is 32.2. The minimum Gasteiger partial charge on any atom is -0.326 e. The van der Waals surface area contributed by atoms with Crippen LogP contribution in [0, 0.1) is 0 Å². The van der Waals surface area contributed by atoms with Crippen molar-refractivity contribution in [3.63, 3.8) is 0 Å². The van der Waals surface area contributed by atoms with Crippen LogP contribution in [0.25, 0.3) is 0 Å². The number of rotatable bonds is 4. The van der Waals surface area contributed by atoms with Crippen molar-refractivity contribution >= 4 is 15.7 Å². The zero-order valence-corrected chi connectivity index (χ0v) is 10.7. The van der Waals surface area contributed by atoms with Gasteiger partial charge in [0.1, 0.15) is 0 Å². The summed E-state index contributed by atoms with van der Waals surface area (Å²) in [6, 6.07) is 3.26. The molecule has 1 saturated carbocycles. The molecule has 1 aromatic rings. The third-order valence-electron chi connectivity index (χ3n) is 2.86. The molecule has 0 unspecified atom stereocenters. The topological polar surface area (TPSA) is 72.2 Å². The van der Waals surface area contributed by atoms with E-state index in [2.05, 4.69) is 4.72 Å². The van der Waals surface area contributed by atoms with Gasteiger partial charge in [-0.1, -0.05) is 6.07 Å². The van der Waals surface area contributed by atoms with Gasteiger partial charge in [0.25, 0.3) is 0 Å². The Balaban J connectivity index is 2.33. The summed E-state index contributed by atoms with van der Waals surface area (Å²) >= 11 is 0. The molecule has 1 fully saturated rings. The summed E-state index contributed by atoms with van der Waals surface area (Å²) in [6.07, 6.45) is -3.47. The van der Waals surface area contributed by atoms with Gasteiger partial charge >= 0.3 is 6.18 Å². The molecule has 8 heteroatoms. The van der Waals surface area contributed by atoms with E-state index in [1.54, 1.807) is 0 Å². The van der Waals surface area contributed by atoms with Gasteiger partial charge in [0, 0.05) is 12.2 Å². The van der Waals surface area contributed by atoms with Crippen LogP contribution in [0.5, 0.6) is 0 Å². The summed E-state index contributed by atoms with van der Waals surface area (Å²) < 4.78 is 63.9. The van der Waals surface area contributed by atoms with Crippen LogP contribution in [0.15, 0.2) is 18.2 Å². The monoisotopic (exact) mass is 294 g/mol. The van der Waals surface area contributed by atoms with Crippen LogP contribution in [0.4, 0.5) is 18.9 Å². The molecule has 4 nitrogen and oxygen atoms in total. The van der Waals surface area contributed by atoms with Crippen LogP contribution in [0.3, 0.4) is 0 Å². The summed E-state index contributed by atoms with van der Waals surface area (Å²) in [5, 5.41) is -0.490. The van der Waals surface area contributed by atoms with Crippen LogP contribution in [0.2, 0.25) is 0 Å². The highest BCUT2D eigenvalue weighted by molar-refractivity contribution is 7.93. The lowest BCUT2D eigenvalue weighted by Gasteiger charge is -2.14. The maximum Gasteiger partial charge on any atom is 0.416 e. The Morgan fingerprint density at radius 3 is 2.42 bits per heavy atom. The van der Waals surface area contributed by atoms with Crippen molar-refractivity contribution in [2.24, 2.45) is 5.73 Å². The van der Waals surface area contributed by atoms with Gasteiger partial charge in [0.2, 0.25) is 10.0 Å². The van der Waals surface area contributed by atoms with Gasteiger partial charge in [-0.2, -0.15) is 13.2 Å².